The predicted octanol–water partition coefficient (Wildman–Crippen LogP) is 1.28. The van der Waals surface area contributed by atoms with E-state index < -0.39 is 6.17 Å². The van der Waals surface area contributed by atoms with Crippen molar-refractivity contribution in [2.45, 2.75) is 19.0 Å². The van der Waals surface area contributed by atoms with E-state index in [0.717, 1.165) is 23.9 Å². The van der Waals surface area contributed by atoms with E-state index in [4.69, 9.17) is 4.74 Å². The zero-order valence-electron chi connectivity index (χ0n) is 8.65. The number of methoxy groups -OCH3 is 1. The molecular formula is C9H14FN3OS. The van der Waals surface area contributed by atoms with Gasteiger partial charge in [0.15, 0.2) is 0 Å². The van der Waals surface area contributed by atoms with Gasteiger partial charge in [-0.2, -0.15) is 4.37 Å². The van der Waals surface area contributed by atoms with Crippen LogP contribution in [0.3, 0.4) is 0 Å². The predicted molar refractivity (Wildman–Crippen MR) is 57.2 cm³/mol. The molecule has 1 saturated heterocycles. The number of aromatic nitrogens is 2. The Bertz CT molecular complexity index is 320. The van der Waals surface area contributed by atoms with Gasteiger partial charge in [-0.3, -0.25) is 0 Å². The van der Waals surface area contributed by atoms with Crippen LogP contribution in [-0.2, 0) is 11.2 Å². The van der Waals surface area contributed by atoms with Crippen LogP contribution in [0.4, 0.5) is 9.52 Å². The van der Waals surface area contributed by atoms with Crippen molar-refractivity contribution in [3.8, 4) is 0 Å². The molecule has 1 aliphatic rings. The Kier molecular flexibility index (Phi) is 3.48. The highest BCUT2D eigenvalue weighted by molar-refractivity contribution is 7.09. The molecule has 0 aliphatic carbocycles. The van der Waals surface area contributed by atoms with Crippen LogP contribution < -0.4 is 4.90 Å². The van der Waals surface area contributed by atoms with E-state index in [1.807, 2.05) is 4.90 Å². The molecule has 1 aromatic rings. The lowest BCUT2D eigenvalue weighted by molar-refractivity contribution is 0.201. The molecule has 1 aromatic heterocycles. The van der Waals surface area contributed by atoms with Crippen molar-refractivity contribution < 1.29 is 9.13 Å². The van der Waals surface area contributed by atoms with Crippen LogP contribution in [-0.4, -0.2) is 42.3 Å². The summed E-state index contributed by atoms with van der Waals surface area (Å²) in [4.78, 5) is 6.31. The van der Waals surface area contributed by atoms with E-state index in [1.54, 1.807) is 7.11 Å². The quantitative estimate of drug-likeness (QED) is 0.782. The first-order valence-electron chi connectivity index (χ1n) is 5.00. The second kappa shape index (κ2) is 4.85. The van der Waals surface area contributed by atoms with Gasteiger partial charge in [0.05, 0.1) is 13.2 Å². The maximum atomic E-state index is 13.0. The van der Waals surface area contributed by atoms with Crippen molar-refractivity contribution in [2.24, 2.45) is 0 Å². The smallest absolute Gasteiger partial charge is 0.205 e. The fourth-order valence-electron chi connectivity index (χ4n) is 1.56. The molecular weight excluding hydrogens is 217 g/mol. The third kappa shape index (κ3) is 2.63. The normalized spacial score (nSPS) is 21.2. The molecule has 4 nitrogen and oxygen atoms in total. The lowest BCUT2D eigenvalue weighted by Crippen LogP contribution is -2.19. The van der Waals surface area contributed by atoms with Crippen molar-refractivity contribution in [1.82, 2.24) is 9.36 Å². The maximum Gasteiger partial charge on any atom is 0.205 e. The molecule has 1 atom stereocenters. The number of hydrogen-bond acceptors (Lipinski definition) is 5. The minimum atomic E-state index is -0.712. The highest BCUT2D eigenvalue weighted by Crippen LogP contribution is 2.23. The molecule has 0 saturated carbocycles. The van der Waals surface area contributed by atoms with Gasteiger partial charge < -0.3 is 9.64 Å². The largest absolute Gasteiger partial charge is 0.384 e. The Hall–Kier alpha value is -0.750. The summed E-state index contributed by atoms with van der Waals surface area (Å²) in [7, 11) is 1.65. The molecule has 6 heteroatoms. The van der Waals surface area contributed by atoms with Crippen LogP contribution in [0.25, 0.3) is 0 Å². The topological polar surface area (TPSA) is 38.2 Å². The Morgan fingerprint density at radius 1 is 1.67 bits per heavy atom. The summed E-state index contributed by atoms with van der Waals surface area (Å²) < 4.78 is 22.1. The standard InChI is InChI=1S/C9H14FN3OS/c1-14-5-3-8-11-9(15-12-8)13-4-2-7(10)6-13/h7H,2-6H2,1H3. The fraction of sp³-hybridized carbons (Fsp3) is 0.778. The first-order chi connectivity index (χ1) is 7.29. The lowest BCUT2D eigenvalue weighted by Gasteiger charge is -2.11. The first kappa shape index (κ1) is 10.8. The van der Waals surface area contributed by atoms with Crippen LogP contribution in [0.5, 0.6) is 0 Å². The van der Waals surface area contributed by atoms with Gasteiger partial charge in [0.2, 0.25) is 5.13 Å². The third-order valence-electron chi connectivity index (χ3n) is 2.39. The summed E-state index contributed by atoms with van der Waals surface area (Å²) in [5, 5.41) is 0.834. The van der Waals surface area contributed by atoms with Crippen LogP contribution in [0.2, 0.25) is 0 Å². The number of halogens is 1. The van der Waals surface area contributed by atoms with E-state index in [0.29, 0.717) is 19.6 Å². The summed E-state index contributed by atoms with van der Waals surface area (Å²) >= 11 is 1.34. The van der Waals surface area contributed by atoms with Crippen molar-refractivity contribution in [1.29, 1.82) is 0 Å². The van der Waals surface area contributed by atoms with Gasteiger partial charge in [-0.25, -0.2) is 9.37 Å². The summed E-state index contributed by atoms with van der Waals surface area (Å²) in [5.74, 6) is 0.791. The van der Waals surface area contributed by atoms with Crippen LogP contribution in [0, 0.1) is 0 Å². The molecule has 1 aliphatic heterocycles. The summed E-state index contributed by atoms with van der Waals surface area (Å²) in [6.45, 7) is 1.83. The van der Waals surface area contributed by atoms with Crippen molar-refractivity contribution in [3.05, 3.63) is 5.82 Å². The second-order valence-corrected chi connectivity index (χ2v) is 4.30. The number of rotatable bonds is 4. The molecule has 1 unspecified atom stereocenters. The van der Waals surface area contributed by atoms with Crippen molar-refractivity contribution in [3.63, 3.8) is 0 Å². The first-order valence-corrected chi connectivity index (χ1v) is 5.77. The average Bonchev–Trinajstić information content (AvgIpc) is 2.83. The zero-order chi connectivity index (χ0) is 10.7. The molecule has 1 fully saturated rings. The minimum absolute atomic E-state index is 0.457. The van der Waals surface area contributed by atoms with E-state index in [1.165, 1.54) is 11.5 Å². The SMILES string of the molecule is COCCc1nsc(N2CCC(F)C2)n1. The lowest BCUT2D eigenvalue weighted by atomic mass is 10.3. The zero-order valence-corrected chi connectivity index (χ0v) is 9.47. The Balaban J connectivity index is 1.94. The maximum absolute atomic E-state index is 13.0. The van der Waals surface area contributed by atoms with Gasteiger partial charge in [-0.05, 0) is 6.42 Å². The minimum Gasteiger partial charge on any atom is -0.384 e. The number of alkyl halides is 1. The highest BCUT2D eigenvalue weighted by Gasteiger charge is 2.24. The monoisotopic (exact) mass is 231 g/mol. The van der Waals surface area contributed by atoms with Crippen LogP contribution >= 0.6 is 11.5 Å². The van der Waals surface area contributed by atoms with Gasteiger partial charge in [-0.15, -0.1) is 0 Å². The molecule has 0 N–H and O–H groups in total. The number of nitrogens with zero attached hydrogens (tertiary/aromatic N) is 3. The van der Waals surface area contributed by atoms with Gasteiger partial charge in [0.25, 0.3) is 0 Å². The summed E-state index contributed by atoms with van der Waals surface area (Å²) in [6, 6.07) is 0. The van der Waals surface area contributed by atoms with Crippen molar-refractivity contribution >= 4 is 16.7 Å². The van der Waals surface area contributed by atoms with E-state index in [2.05, 4.69) is 9.36 Å². The Morgan fingerprint density at radius 2 is 2.53 bits per heavy atom. The van der Waals surface area contributed by atoms with Crippen molar-refractivity contribution in [2.75, 3.05) is 31.7 Å². The molecule has 2 heterocycles. The van der Waals surface area contributed by atoms with Gasteiger partial charge >= 0.3 is 0 Å². The van der Waals surface area contributed by atoms with Gasteiger partial charge in [-0.1, -0.05) is 0 Å². The highest BCUT2D eigenvalue weighted by atomic mass is 32.1. The molecule has 0 bridgehead atoms. The molecule has 84 valence electrons. The number of anilines is 1. The van der Waals surface area contributed by atoms with E-state index >= 15 is 0 Å². The molecule has 2 rings (SSSR count). The molecule has 15 heavy (non-hydrogen) atoms. The number of ether oxygens (including phenoxy) is 1. The molecule has 0 radical (unpaired) electrons. The Morgan fingerprint density at radius 3 is 3.20 bits per heavy atom. The molecule has 0 amide bonds. The summed E-state index contributed by atoms with van der Waals surface area (Å²) in [6.07, 6.45) is 0.615. The Labute approximate surface area is 92.2 Å². The second-order valence-electron chi connectivity index (χ2n) is 3.57. The van der Waals surface area contributed by atoms with Gasteiger partial charge in [0.1, 0.15) is 12.0 Å². The summed E-state index contributed by atoms with van der Waals surface area (Å²) in [5.41, 5.74) is 0. The third-order valence-corrected chi connectivity index (χ3v) is 3.20. The number of hydrogen-bond donors (Lipinski definition) is 0. The molecule has 0 aromatic carbocycles. The van der Waals surface area contributed by atoms with Crippen LogP contribution in [0.15, 0.2) is 0 Å². The molecule has 0 spiro atoms. The fourth-order valence-corrected chi connectivity index (χ4v) is 2.31. The van der Waals surface area contributed by atoms with Crippen LogP contribution in [0.1, 0.15) is 12.2 Å². The van der Waals surface area contributed by atoms with E-state index in [9.17, 15) is 4.39 Å². The average molecular weight is 231 g/mol. The van der Waals surface area contributed by atoms with E-state index in [-0.39, 0.29) is 0 Å². The van der Waals surface area contributed by atoms with Gasteiger partial charge in [0, 0.05) is 31.6 Å².